The molecule has 2 fully saturated rings. The number of anilines is 3. The summed E-state index contributed by atoms with van der Waals surface area (Å²) < 4.78 is 5.42. The molecular formula is C14H23ClN6O. The second kappa shape index (κ2) is 6.85. The van der Waals surface area contributed by atoms with Gasteiger partial charge in [-0.25, -0.2) is 0 Å². The van der Waals surface area contributed by atoms with Gasteiger partial charge in [0.1, 0.15) is 5.69 Å². The number of hydrogen-bond donors (Lipinski definition) is 3. The quantitative estimate of drug-likeness (QED) is 0.720. The van der Waals surface area contributed by atoms with Crippen molar-refractivity contribution in [3.63, 3.8) is 0 Å². The first-order valence-electron chi connectivity index (χ1n) is 7.80. The Morgan fingerprint density at radius 1 is 1.09 bits per heavy atom. The number of aromatic nitrogens is 2. The first-order chi connectivity index (χ1) is 10.6. The molecule has 122 valence electrons. The Kier molecular flexibility index (Phi) is 4.85. The maximum absolute atomic E-state index is 5.92. The van der Waals surface area contributed by atoms with Gasteiger partial charge in [0.2, 0.25) is 5.28 Å². The van der Waals surface area contributed by atoms with E-state index in [-0.39, 0.29) is 11.1 Å². The van der Waals surface area contributed by atoms with Crippen LogP contribution in [0.15, 0.2) is 0 Å². The summed E-state index contributed by atoms with van der Waals surface area (Å²) in [6.07, 6.45) is 4.52. The molecule has 7 nitrogen and oxygen atoms in total. The SMILES string of the molecule is Nc1nc(Cl)nc(NC2CCC(N3CCOCC3)CC2)c1N. The normalized spacial score (nSPS) is 26.8. The summed E-state index contributed by atoms with van der Waals surface area (Å²) in [4.78, 5) is 10.5. The lowest BCUT2D eigenvalue weighted by molar-refractivity contribution is 0.00791. The van der Waals surface area contributed by atoms with Crippen LogP contribution in [0, 0.1) is 0 Å². The van der Waals surface area contributed by atoms with E-state index in [0.29, 0.717) is 23.6 Å². The van der Waals surface area contributed by atoms with Gasteiger partial charge in [-0.3, -0.25) is 4.90 Å². The van der Waals surface area contributed by atoms with E-state index < -0.39 is 0 Å². The van der Waals surface area contributed by atoms with Crippen molar-refractivity contribution in [1.29, 1.82) is 0 Å². The van der Waals surface area contributed by atoms with Crippen molar-refractivity contribution >= 4 is 28.9 Å². The molecule has 0 radical (unpaired) electrons. The Balaban J connectivity index is 1.56. The van der Waals surface area contributed by atoms with E-state index in [2.05, 4.69) is 20.2 Å². The van der Waals surface area contributed by atoms with Crippen molar-refractivity contribution in [2.75, 3.05) is 43.1 Å². The first kappa shape index (κ1) is 15.6. The summed E-state index contributed by atoms with van der Waals surface area (Å²) >= 11 is 5.85. The lowest BCUT2D eigenvalue weighted by atomic mass is 9.90. The highest BCUT2D eigenvalue weighted by Crippen LogP contribution is 2.29. The second-order valence-electron chi connectivity index (χ2n) is 5.94. The summed E-state index contributed by atoms with van der Waals surface area (Å²) in [7, 11) is 0. The van der Waals surface area contributed by atoms with Crippen molar-refractivity contribution in [2.45, 2.75) is 37.8 Å². The Morgan fingerprint density at radius 3 is 2.45 bits per heavy atom. The van der Waals surface area contributed by atoms with E-state index >= 15 is 0 Å². The number of ether oxygens (including phenoxy) is 1. The smallest absolute Gasteiger partial charge is 0.226 e. The Bertz CT molecular complexity index is 514. The zero-order chi connectivity index (χ0) is 15.5. The molecule has 0 aromatic carbocycles. The minimum atomic E-state index is 0.121. The predicted molar refractivity (Wildman–Crippen MR) is 87.9 cm³/mol. The van der Waals surface area contributed by atoms with Crippen molar-refractivity contribution < 1.29 is 4.74 Å². The number of nitrogens with zero attached hydrogens (tertiary/aromatic N) is 3. The van der Waals surface area contributed by atoms with Gasteiger partial charge in [0, 0.05) is 25.2 Å². The van der Waals surface area contributed by atoms with Gasteiger partial charge in [0.25, 0.3) is 0 Å². The zero-order valence-corrected chi connectivity index (χ0v) is 13.4. The second-order valence-corrected chi connectivity index (χ2v) is 6.28. The summed E-state index contributed by atoms with van der Waals surface area (Å²) in [5.74, 6) is 0.775. The van der Waals surface area contributed by atoms with Crippen LogP contribution in [0.2, 0.25) is 5.28 Å². The first-order valence-corrected chi connectivity index (χ1v) is 8.18. The average Bonchev–Trinajstić information content (AvgIpc) is 2.54. The Morgan fingerprint density at radius 2 is 1.77 bits per heavy atom. The molecule has 1 aromatic heterocycles. The Hall–Kier alpha value is -1.31. The van der Waals surface area contributed by atoms with Gasteiger partial charge >= 0.3 is 0 Å². The maximum atomic E-state index is 5.92. The largest absolute Gasteiger partial charge is 0.393 e. The summed E-state index contributed by atoms with van der Waals surface area (Å²) in [5.41, 5.74) is 12.0. The van der Waals surface area contributed by atoms with Gasteiger partial charge < -0.3 is 21.5 Å². The molecule has 0 amide bonds. The average molecular weight is 327 g/mol. The van der Waals surface area contributed by atoms with Crippen LogP contribution in [0.3, 0.4) is 0 Å². The van der Waals surface area contributed by atoms with E-state index in [9.17, 15) is 0 Å². The van der Waals surface area contributed by atoms with Crippen molar-refractivity contribution in [1.82, 2.24) is 14.9 Å². The molecule has 1 aromatic rings. The monoisotopic (exact) mass is 326 g/mol. The lowest BCUT2D eigenvalue weighted by Crippen LogP contribution is -2.46. The van der Waals surface area contributed by atoms with Crippen LogP contribution < -0.4 is 16.8 Å². The molecule has 1 aliphatic carbocycles. The van der Waals surface area contributed by atoms with E-state index in [1.807, 2.05) is 0 Å². The van der Waals surface area contributed by atoms with Gasteiger partial charge in [0.05, 0.1) is 13.2 Å². The standard InChI is InChI=1S/C14H23ClN6O/c15-14-19-12(17)11(16)13(20-14)18-9-1-3-10(4-2-9)21-5-7-22-8-6-21/h9-10H,1-8,16H2,(H3,17,18,19,20). The fraction of sp³-hybridized carbons (Fsp3) is 0.714. The number of halogens is 1. The minimum Gasteiger partial charge on any atom is -0.393 e. The molecule has 0 atom stereocenters. The molecule has 3 rings (SSSR count). The van der Waals surface area contributed by atoms with Gasteiger partial charge in [-0.05, 0) is 37.3 Å². The van der Waals surface area contributed by atoms with Crippen LogP contribution in [-0.2, 0) is 4.74 Å². The third kappa shape index (κ3) is 3.53. The summed E-state index contributed by atoms with van der Waals surface area (Å²) in [6, 6.07) is 1.02. The number of morpholine rings is 1. The molecule has 22 heavy (non-hydrogen) atoms. The molecule has 2 aliphatic rings. The molecular weight excluding hydrogens is 304 g/mol. The van der Waals surface area contributed by atoms with Crippen molar-refractivity contribution in [3.05, 3.63) is 5.28 Å². The van der Waals surface area contributed by atoms with Crippen molar-refractivity contribution in [3.8, 4) is 0 Å². The third-order valence-electron chi connectivity index (χ3n) is 4.55. The van der Waals surface area contributed by atoms with Gasteiger partial charge in [-0.15, -0.1) is 0 Å². The summed E-state index contributed by atoms with van der Waals surface area (Å²) in [5, 5.41) is 3.49. The van der Waals surface area contributed by atoms with Gasteiger partial charge in [-0.1, -0.05) is 0 Å². The molecule has 8 heteroatoms. The van der Waals surface area contributed by atoms with E-state index in [4.69, 9.17) is 27.8 Å². The van der Waals surface area contributed by atoms with E-state index in [1.165, 1.54) is 12.8 Å². The highest BCUT2D eigenvalue weighted by Gasteiger charge is 2.27. The van der Waals surface area contributed by atoms with E-state index in [1.54, 1.807) is 0 Å². The molecule has 1 saturated heterocycles. The molecule has 0 unspecified atom stereocenters. The maximum Gasteiger partial charge on any atom is 0.226 e. The topological polar surface area (TPSA) is 102 Å². The molecule has 0 spiro atoms. The fourth-order valence-corrected chi connectivity index (χ4v) is 3.47. The van der Waals surface area contributed by atoms with Gasteiger partial charge in [0.15, 0.2) is 11.6 Å². The number of rotatable bonds is 3. The fourth-order valence-electron chi connectivity index (χ4n) is 3.29. The number of hydrogen-bond acceptors (Lipinski definition) is 7. The zero-order valence-electron chi connectivity index (χ0n) is 12.6. The van der Waals surface area contributed by atoms with Crippen LogP contribution in [0.4, 0.5) is 17.3 Å². The molecule has 5 N–H and O–H groups in total. The number of nitrogens with one attached hydrogen (secondary N) is 1. The minimum absolute atomic E-state index is 0.121. The van der Waals surface area contributed by atoms with Crippen LogP contribution in [-0.4, -0.2) is 53.3 Å². The van der Waals surface area contributed by atoms with E-state index in [0.717, 1.165) is 39.1 Å². The number of nitrogens with two attached hydrogens (primary N) is 2. The highest BCUT2D eigenvalue weighted by atomic mass is 35.5. The van der Waals surface area contributed by atoms with Gasteiger partial charge in [-0.2, -0.15) is 9.97 Å². The van der Waals surface area contributed by atoms with Crippen LogP contribution in [0.25, 0.3) is 0 Å². The van der Waals surface area contributed by atoms with Crippen LogP contribution in [0.1, 0.15) is 25.7 Å². The van der Waals surface area contributed by atoms with Crippen molar-refractivity contribution in [2.24, 2.45) is 0 Å². The molecule has 2 heterocycles. The predicted octanol–water partition coefficient (Wildman–Crippen LogP) is 1.35. The molecule has 1 aliphatic heterocycles. The lowest BCUT2D eigenvalue weighted by Gasteiger charge is -2.39. The molecule has 0 bridgehead atoms. The summed E-state index contributed by atoms with van der Waals surface area (Å²) in [6.45, 7) is 3.81. The molecule has 1 saturated carbocycles. The highest BCUT2D eigenvalue weighted by molar-refractivity contribution is 6.28. The third-order valence-corrected chi connectivity index (χ3v) is 4.72. The van der Waals surface area contributed by atoms with Crippen LogP contribution in [0.5, 0.6) is 0 Å². The van der Waals surface area contributed by atoms with Crippen LogP contribution >= 0.6 is 11.6 Å². The number of nitrogen functional groups attached to an aromatic ring is 2. The Labute approximate surface area is 135 Å².